The molecule has 1 aromatic carbocycles. The lowest BCUT2D eigenvalue weighted by Crippen LogP contribution is -2.33. The summed E-state index contributed by atoms with van der Waals surface area (Å²) in [5.41, 5.74) is 6.49. The first-order chi connectivity index (χ1) is 11.0. The Kier molecular flexibility index (Phi) is 11.2. The molecule has 0 heterocycles. The van der Waals surface area contributed by atoms with Crippen LogP contribution in [-0.4, -0.2) is 38.9 Å². The second-order valence-electron chi connectivity index (χ2n) is 5.16. The number of nitrogens with one attached hydrogen (secondary N) is 1. The van der Waals surface area contributed by atoms with E-state index in [0.717, 1.165) is 5.56 Å². The Bertz CT molecular complexity index is 495. The predicted molar refractivity (Wildman–Crippen MR) is 97.1 cm³/mol. The molecule has 2 unspecified atom stereocenters. The smallest absolute Gasteiger partial charge is 0.223 e. The number of hydrogen-bond acceptors (Lipinski definition) is 5. The first-order valence-corrected chi connectivity index (χ1v) is 7.97. The Hall–Kier alpha value is -1.50. The molecular weight excluding hydrogens is 332 g/mol. The Morgan fingerprint density at radius 2 is 1.83 bits per heavy atom. The first kappa shape index (κ1) is 22.5. The average molecular weight is 361 g/mol. The van der Waals surface area contributed by atoms with Crippen LogP contribution >= 0.6 is 12.4 Å². The summed E-state index contributed by atoms with van der Waals surface area (Å²) in [6, 6.07) is 5.54. The van der Waals surface area contributed by atoms with Crippen LogP contribution < -0.4 is 20.5 Å². The van der Waals surface area contributed by atoms with E-state index in [9.17, 15) is 4.79 Å². The molecule has 0 saturated carbocycles. The number of carbonyl (C=O) groups is 1. The van der Waals surface area contributed by atoms with Gasteiger partial charge in [-0.25, -0.2) is 0 Å². The normalized spacial score (nSPS) is 12.7. The van der Waals surface area contributed by atoms with E-state index < -0.39 is 0 Å². The fourth-order valence-electron chi connectivity index (χ4n) is 2.19. The van der Waals surface area contributed by atoms with Crippen molar-refractivity contribution in [3.05, 3.63) is 23.8 Å². The summed E-state index contributed by atoms with van der Waals surface area (Å²) in [4.78, 5) is 12.0. The number of ether oxygens (including phenoxy) is 3. The molecule has 1 rings (SSSR count). The molecule has 6 nitrogen and oxygen atoms in total. The summed E-state index contributed by atoms with van der Waals surface area (Å²) in [6.45, 7) is 7.21. The zero-order valence-electron chi connectivity index (χ0n) is 14.8. The summed E-state index contributed by atoms with van der Waals surface area (Å²) >= 11 is 0. The van der Waals surface area contributed by atoms with E-state index in [2.05, 4.69) is 5.32 Å². The molecule has 0 aliphatic carbocycles. The van der Waals surface area contributed by atoms with Crippen LogP contribution in [0.3, 0.4) is 0 Å². The van der Waals surface area contributed by atoms with Crippen molar-refractivity contribution in [1.29, 1.82) is 0 Å². The Morgan fingerprint density at radius 3 is 2.38 bits per heavy atom. The van der Waals surface area contributed by atoms with Crippen molar-refractivity contribution in [2.75, 3.05) is 26.9 Å². The minimum atomic E-state index is -0.262. The molecule has 3 N–H and O–H groups in total. The first-order valence-electron chi connectivity index (χ1n) is 7.97. The molecule has 1 aromatic rings. The molecule has 0 aliphatic rings. The lowest BCUT2D eigenvalue weighted by atomic mass is 10.1. The van der Waals surface area contributed by atoms with E-state index in [-0.39, 0.29) is 36.9 Å². The van der Waals surface area contributed by atoms with Crippen molar-refractivity contribution in [1.82, 2.24) is 5.32 Å². The van der Waals surface area contributed by atoms with Gasteiger partial charge < -0.3 is 25.3 Å². The molecule has 7 heteroatoms. The third kappa shape index (κ3) is 6.95. The van der Waals surface area contributed by atoms with E-state index in [4.69, 9.17) is 19.9 Å². The van der Waals surface area contributed by atoms with Crippen LogP contribution in [0.5, 0.6) is 11.5 Å². The van der Waals surface area contributed by atoms with E-state index in [0.29, 0.717) is 31.3 Å². The van der Waals surface area contributed by atoms with Crippen molar-refractivity contribution < 1.29 is 19.0 Å². The van der Waals surface area contributed by atoms with Gasteiger partial charge in [-0.2, -0.15) is 0 Å². The molecule has 2 atom stereocenters. The minimum Gasteiger partial charge on any atom is -0.490 e. The van der Waals surface area contributed by atoms with Crippen LogP contribution in [0.15, 0.2) is 18.2 Å². The average Bonchev–Trinajstić information content (AvgIpc) is 2.54. The number of nitrogens with two attached hydrogens (primary N) is 1. The monoisotopic (exact) mass is 360 g/mol. The van der Waals surface area contributed by atoms with Crippen molar-refractivity contribution >= 4 is 18.3 Å². The number of hydrogen-bond donors (Lipinski definition) is 2. The Labute approximate surface area is 150 Å². The largest absolute Gasteiger partial charge is 0.490 e. The third-order valence-corrected chi connectivity index (χ3v) is 3.45. The van der Waals surface area contributed by atoms with E-state index in [1.165, 1.54) is 0 Å². The lowest BCUT2D eigenvalue weighted by Gasteiger charge is -2.19. The highest BCUT2D eigenvalue weighted by molar-refractivity contribution is 5.85. The summed E-state index contributed by atoms with van der Waals surface area (Å²) in [7, 11) is 1.55. The van der Waals surface area contributed by atoms with Crippen LogP contribution in [0.4, 0.5) is 0 Å². The molecule has 1 amide bonds. The van der Waals surface area contributed by atoms with Crippen molar-refractivity contribution in [2.24, 2.45) is 5.73 Å². The zero-order valence-corrected chi connectivity index (χ0v) is 15.7. The molecule has 0 aromatic heterocycles. The van der Waals surface area contributed by atoms with Gasteiger partial charge in [-0.3, -0.25) is 4.79 Å². The highest BCUT2D eigenvalue weighted by Gasteiger charge is 2.16. The van der Waals surface area contributed by atoms with Crippen LogP contribution in [0, 0.1) is 0 Å². The predicted octanol–water partition coefficient (Wildman–Crippen LogP) is 2.45. The van der Waals surface area contributed by atoms with E-state index >= 15 is 0 Å². The molecule has 0 fully saturated rings. The van der Waals surface area contributed by atoms with Gasteiger partial charge in [0.2, 0.25) is 5.91 Å². The van der Waals surface area contributed by atoms with Gasteiger partial charge in [0.1, 0.15) is 0 Å². The van der Waals surface area contributed by atoms with Crippen molar-refractivity contribution in [2.45, 2.75) is 39.3 Å². The van der Waals surface area contributed by atoms with Gasteiger partial charge in [0.05, 0.1) is 31.8 Å². The molecule has 0 spiro atoms. The highest BCUT2D eigenvalue weighted by atomic mass is 35.5. The van der Waals surface area contributed by atoms with Crippen molar-refractivity contribution in [3.8, 4) is 11.5 Å². The summed E-state index contributed by atoms with van der Waals surface area (Å²) in [5, 5.41) is 2.95. The number of carbonyl (C=O) groups excluding carboxylic acids is 1. The minimum absolute atomic E-state index is 0. The summed E-state index contributed by atoms with van der Waals surface area (Å²) in [6.07, 6.45) is -0.0197. The number of halogens is 1. The van der Waals surface area contributed by atoms with E-state index in [1.807, 2.05) is 39.0 Å². The number of amides is 1. The van der Waals surface area contributed by atoms with Gasteiger partial charge in [0.25, 0.3) is 0 Å². The maximum Gasteiger partial charge on any atom is 0.223 e. The Balaban J connectivity index is 0.00000529. The van der Waals surface area contributed by atoms with E-state index in [1.54, 1.807) is 7.11 Å². The van der Waals surface area contributed by atoms with Crippen molar-refractivity contribution in [3.63, 3.8) is 0 Å². The molecule has 24 heavy (non-hydrogen) atoms. The lowest BCUT2D eigenvalue weighted by molar-refractivity contribution is -0.124. The Morgan fingerprint density at radius 1 is 1.21 bits per heavy atom. The fraction of sp³-hybridized carbons (Fsp3) is 0.588. The van der Waals surface area contributed by atoms with Crippen LogP contribution in [0.2, 0.25) is 0 Å². The van der Waals surface area contributed by atoms with Crippen LogP contribution in [-0.2, 0) is 9.53 Å². The van der Waals surface area contributed by atoms with Gasteiger partial charge in [-0.05, 0) is 38.5 Å². The molecule has 0 saturated heterocycles. The molecule has 0 aliphatic heterocycles. The number of benzene rings is 1. The molecule has 0 bridgehead atoms. The maximum absolute atomic E-state index is 12.0. The van der Waals surface area contributed by atoms with Gasteiger partial charge in [0, 0.05) is 13.7 Å². The SMILES string of the molecule is CCOc1ccc(C(C)NC(=O)CC(CN)OC)cc1OCC.Cl. The third-order valence-electron chi connectivity index (χ3n) is 3.45. The topological polar surface area (TPSA) is 82.8 Å². The van der Waals surface area contributed by atoms with Gasteiger partial charge >= 0.3 is 0 Å². The number of methoxy groups -OCH3 is 1. The second-order valence-corrected chi connectivity index (χ2v) is 5.16. The maximum atomic E-state index is 12.0. The van der Waals surface area contributed by atoms with Gasteiger partial charge in [-0.1, -0.05) is 6.07 Å². The second kappa shape index (κ2) is 11.9. The highest BCUT2D eigenvalue weighted by Crippen LogP contribution is 2.30. The summed E-state index contributed by atoms with van der Waals surface area (Å²) < 4.78 is 16.3. The molecule has 0 radical (unpaired) electrons. The van der Waals surface area contributed by atoms with Crippen LogP contribution in [0.25, 0.3) is 0 Å². The fourth-order valence-corrected chi connectivity index (χ4v) is 2.19. The molecular formula is C17H29ClN2O4. The van der Waals surface area contributed by atoms with Gasteiger partial charge in [0.15, 0.2) is 11.5 Å². The molecule has 138 valence electrons. The standard InChI is InChI=1S/C17H28N2O4.ClH/c1-5-22-15-8-7-13(9-16(15)23-6-2)12(3)19-17(20)10-14(11-18)21-4;/h7-9,12,14H,5-6,10-11,18H2,1-4H3,(H,19,20);1H. The quantitative estimate of drug-likeness (QED) is 0.669. The van der Waals surface area contributed by atoms with Crippen LogP contribution in [0.1, 0.15) is 38.8 Å². The summed E-state index contributed by atoms with van der Waals surface area (Å²) in [5.74, 6) is 1.30. The van der Waals surface area contributed by atoms with Gasteiger partial charge in [-0.15, -0.1) is 12.4 Å². The number of rotatable bonds is 10. The zero-order chi connectivity index (χ0) is 17.2.